The van der Waals surface area contributed by atoms with Crippen LogP contribution >= 0.6 is 34.0 Å². The molecule has 0 atom stereocenters. The van der Waals surface area contributed by atoms with Crippen molar-refractivity contribution in [3.8, 4) is 0 Å². The fourth-order valence-corrected chi connectivity index (χ4v) is 16.9. The van der Waals surface area contributed by atoms with Gasteiger partial charge in [0.2, 0.25) is 0 Å². The molecule has 0 radical (unpaired) electrons. The van der Waals surface area contributed by atoms with E-state index in [2.05, 4.69) is 133 Å². The van der Waals surface area contributed by atoms with Gasteiger partial charge in [-0.1, -0.05) is 106 Å². The third-order valence-corrected chi connectivity index (χ3v) is 20.6. The smallest absolute Gasteiger partial charge is 0.416 e. The number of aromatic nitrogens is 1. The summed E-state index contributed by atoms with van der Waals surface area (Å²) in [5.41, 5.74) is 8.09. The lowest BCUT2D eigenvalue weighted by molar-refractivity contribution is -0.138. The molecule has 0 spiro atoms. The normalized spacial score (nSPS) is 13.0. The van der Waals surface area contributed by atoms with Crippen LogP contribution in [0.1, 0.15) is 37.5 Å². The van der Waals surface area contributed by atoms with E-state index in [0.29, 0.717) is 22.6 Å². The maximum Gasteiger partial charge on any atom is 0.416 e. The molecule has 412 valence electrons. The first kappa shape index (κ1) is 50.4. The molecule has 4 nitrogen and oxygen atoms in total. The van der Waals surface area contributed by atoms with Crippen LogP contribution in [-0.2, 0) is 17.8 Å². The van der Waals surface area contributed by atoms with Gasteiger partial charge in [-0.25, -0.2) is 0 Å². The Kier molecular flexibility index (Phi) is 10.5. The summed E-state index contributed by atoms with van der Waals surface area (Å²) < 4.78 is 101. The molecule has 0 N–H and O–H groups in total. The Balaban J connectivity index is 0.882. The number of benzene rings is 11. The summed E-state index contributed by atoms with van der Waals surface area (Å²) >= 11 is 5.12. The molecule has 0 aliphatic heterocycles. The molecular formula is C72H43F6N3OS3. The lowest BCUT2D eigenvalue weighted by Gasteiger charge is -2.27. The molecule has 0 aliphatic rings. The Bertz CT molecular complexity index is 5300. The number of thiophene rings is 3. The van der Waals surface area contributed by atoms with Gasteiger partial charge in [-0.15, -0.1) is 34.0 Å². The van der Waals surface area contributed by atoms with Crippen LogP contribution in [-0.4, -0.2) is 4.40 Å². The van der Waals surface area contributed by atoms with Crippen molar-refractivity contribution in [3.63, 3.8) is 0 Å². The second kappa shape index (κ2) is 17.7. The van der Waals surface area contributed by atoms with Crippen molar-refractivity contribution in [2.24, 2.45) is 0 Å². The van der Waals surface area contributed by atoms with Gasteiger partial charge >= 0.3 is 12.4 Å². The topological polar surface area (TPSA) is 24.0 Å². The third-order valence-electron chi connectivity index (χ3n) is 17.1. The van der Waals surface area contributed by atoms with E-state index in [1.54, 1.807) is 46.1 Å². The van der Waals surface area contributed by atoms with E-state index in [4.69, 9.17) is 4.42 Å². The minimum atomic E-state index is -4.52. The first-order chi connectivity index (χ1) is 41.0. The molecule has 17 rings (SSSR count). The maximum absolute atomic E-state index is 14.2. The van der Waals surface area contributed by atoms with Crippen LogP contribution in [0, 0.1) is 0 Å². The van der Waals surface area contributed by atoms with Crippen LogP contribution in [0.4, 0.5) is 60.5 Å². The van der Waals surface area contributed by atoms with Crippen LogP contribution in [0.3, 0.4) is 0 Å². The predicted octanol–water partition coefficient (Wildman–Crippen LogP) is 24.1. The van der Waals surface area contributed by atoms with Gasteiger partial charge in [0.1, 0.15) is 11.1 Å². The first-order valence-electron chi connectivity index (χ1n) is 27.8. The Morgan fingerprint density at radius 3 is 1.39 bits per heavy atom. The molecule has 85 heavy (non-hydrogen) atoms. The predicted molar refractivity (Wildman–Crippen MR) is 345 cm³/mol. The lowest BCUT2D eigenvalue weighted by atomic mass is 9.86. The number of anilines is 6. The molecule has 17 aromatic rings. The van der Waals surface area contributed by atoms with Crippen molar-refractivity contribution in [3.05, 3.63) is 223 Å². The van der Waals surface area contributed by atoms with Gasteiger partial charge in [0, 0.05) is 95.4 Å². The molecule has 11 aromatic carbocycles. The maximum atomic E-state index is 14.2. The molecule has 0 unspecified atom stereocenters. The van der Waals surface area contributed by atoms with Crippen LogP contribution < -0.4 is 9.80 Å². The van der Waals surface area contributed by atoms with Crippen molar-refractivity contribution < 1.29 is 30.8 Å². The van der Waals surface area contributed by atoms with Crippen LogP contribution in [0.2, 0.25) is 0 Å². The zero-order valence-corrected chi connectivity index (χ0v) is 47.8. The summed E-state index contributed by atoms with van der Waals surface area (Å²) in [6.45, 7) is 6.62. The Morgan fingerprint density at radius 2 is 0.847 bits per heavy atom. The average molecular weight is 1180 g/mol. The van der Waals surface area contributed by atoms with Crippen LogP contribution in [0.15, 0.2) is 211 Å². The third kappa shape index (κ3) is 7.46. The van der Waals surface area contributed by atoms with E-state index in [1.165, 1.54) is 12.1 Å². The number of hydrogen-bond donors (Lipinski definition) is 0. The molecule has 0 amide bonds. The molecule has 0 aliphatic carbocycles. The van der Waals surface area contributed by atoms with Gasteiger partial charge in [-0.05, 0) is 148 Å². The summed E-state index contributed by atoms with van der Waals surface area (Å²) in [5, 5.41) is 12.6. The van der Waals surface area contributed by atoms with E-state index >= 15 is 0 Å². The number of alkyl halides is 6. The SMILES string of the molecule is CC(C)(C)c1cc2c3oc4cc(N(c5ccc(C(F)(F)F)cc5)c5cccc6sc7c8ccccc8ccc7c56)ccc4c3n3c2c(c1)c1sc2cc(N(c4ccc(C(F)(F)F)cc4)c4cccc5sc6c7ccccc7ccc6c45)ccc2c13. The minimum Gasteiger partial charge on any atom is -0.454 e. The van der Waals surface area contributed by atoms with Gasteiger partial charge in [-0.2, -0.15) is 26.3 Å². The quantitative estimate of drug-likeness (QED) is 0.155. The zero-order chi connectivity index (χ0) is 57.6. The van der Waals surface area contributed by atoms with E-state index in [-0.39, 0.29) is 5.41 Å². The fraction of sp³-hybridized carbons (Fsp3) is 0.0833. The highest BCUT2D eigenvalue weighted by molar-refractivity contribution is 7.27. The number of hydrogen-bond acceptors (Lipinski definition) is 6. The van der Waals surface area contributed by atoms with E-state index < -0.39 is 23.5 Å². The molecule has 0 bridgehead atoms. The summed E-state index contributed by atoms with van der Waals surface area (Å²) in [5.74, 6) is 0. The monoisotopic (exact) mass is 1180 g/mol. The van der Waals surface area contributed by atoms with Crippen molar-refractivity contribution in [1.82, 2.24) is 4.40 Å². The Morgan fingerprint density at radius 1 is 0.365 bits per heavy atom. The van der Waals surface area contributed by atoms with E-state index in [9.17, 15) is 26.3 Å². The molecule has 0 saturated heterocycles. The Hall–Kier alpha value is -9.14. The average Bonchev–Trinajstić information content (AvgIpc) is 1.53. The van der Waals surface area contributed by atoms with Crippen LogP contribution in [0.5, 0.6) is 0 Å². The van der Waals surface area contributed by atoms with Gasteiger partial charge in [0.05, 0.1) is 38.2 Å². The highest BCUT2D eigenvalue weighted by Gasteiger charge is 2.34. The summed E-state index contributed by atoms with van der Waals surface area (Å²) in [7, 11) is 0. The van der Waals surface area contributed by atoms with E-state index in [0.717, 1.165) is 162 Å². The van der Waals surface area contributed by atoms with Gasteiger partial charge in [0.15, 0.2) is 5.58 Å². The molecule has 0 fully saturated rings. The number of fused-ring (bicyclic) bond motifs is 20. The first-order valence-corrected chi connectivity index (χ1v) is 30.2. The molecular weight excluding hydrogens is 1130 g/mol. The Labute approximate surface area is 492 Å². The molecule has 13 heteroatoms. The summed E-state index contributed by atoms with van der Waals surface area (Å²) in [6.07, 6.45) is -9.02. The van der Waals surface area contributed by atoms with Crippen molar-refractivity contribution >= 4 is 189 Å². The molecule has 6 heterocycles. The second-order valence-corrected chi connectivity index (χ2v) is 26.2. The van der Waals surface area contributed by atoms with Crippen molar-refractivity contribution in [2.45, 2.75) is 38.5 Å². The van der Waals surface area contributed by atoms with Gasteiger partial charge in [-0.3, -0.25) is 0 Å². The summed E-state index contributed by atoms with van der Waals surface area (Å²) in [6, 6.07) is 65.4. The zero-order valence-electron chi connectivity index (χ0n) is 45.4. The van der Waals surface area contributed by atoms with E-state index in [1.807, 2.05) is 59.5 Å². The fourth-order valence-electron chi connectivity index (χ4n) is 13.1. The second-order valence-electron chi connectivity index (χ2n) is 23.0. The van der Waals surface area contributed by atoms with Crippen molar-refractivity contribution in [2.75, 3.05) is 9.80 Å². The standard InChI is InChI=1S/C72H43F6N3OS3/c1-70(2,3)42-34-53-63-54(35-42)69-65(50-33-29-46(37-60(50)85-69)80(44-26-22-41(23-27-44)72(76,77)78)56-15-9-17-59-62(56)52-31-19-39-11-5-7-13-48(39)68(52)84-59)81(63)64-49-32-28-45(36-57(49)82-66(53)64)79(43-24-20-40(21-25-43)71(73,74)75)55-14-8-16-58-61(55)51-30-18-38-10-4-6-12-47(38)67(51)83-58/h4-37H,1-3H3. The molecule has 6 aromatic heterocycles. The lowest BCUT2D eigenvalue weighted by Crippen LogP contribution is -2.11. The van der Waals surface area contributed by atoms with Crippen molar-refractivity contribution in [1.29, 1.82) is 0 Å². The minimum absolute atomic E-state index is 0.243. The van der Waals surface area contributed by atoms with Crippen LogP contribution in [0.25, 0.3) is 121 Å². The highest BCUT2D eigenvalue weighted by atomic mass is 32.1. The highest BCUT2D eigenvalue weighted by Crippen LogP contribution is 2.54. The number of furan rings is 1. The largest absolute Gasteiger partial charge is 0.454 e. The molecule has 0 saturated carbocycles. The van der Waals surface area contributed by atoms with Gasteiger partial charge < -0.3 is 18.6 Å². The summed E-state index contributed by atoms with van der Waals surface area (Å²) in [4.78, 5) is 4.13. The number of nitrogens with zero attached hydrogens (tertiary/aromatic N) is 3. The number of halogens is 6. The number of rotatable bonds is 6. The van der Waals surface area contributed by atoms with Gasteiger partial charge in [0.25, 0.3) is 0 Å².